The molecule has 0 unspecified atom stereocenters. The standard InChI is InChI=1S/C35H31NO8/c1-7-15-43-33(41)36-24-13-11-9-10-12-14-25(38)35(34(24,44-35)18(3)4)22-17-23(37)27-28(29(22)36)30(39)21-16-19(5)20(8-2)32(42-6)26(21)31(27)40/h7,9-10,16-18,24-25,37-38H,1,8,15H2,2-6H3/b10-9-/t24-,25-,34-,35-/m0/s1. The summed E-state index contributed by atoms with van der Waals surface area (Å²) in [5, 5.41) is 23.2. The van der Waals surface area contributed by atoms with Crippen molar-refractivity contribution >= 4 is 23.3 Å². The predicted octanol–water partition coefficient (Wildman–Crippen LogP) is 4.12. The highest BCUT2D eigenvalue weighted by atomic mass is 16.6. The summed E-state index contributed by atoms with van der Waals surface area (Å²) in [6.45, 7) is 10.9. The third-order valence-corrected chi connectivity index (χ3v) is 9.00. The summed E-state index contributed by atoms with van der Waals surface area (Å²) in [7, 11) is 1.43. The summed E-state index contributed by atoms with van der Waals surface area (Å²) >= 11 is 0. The van der Waals surface area contributed by atoms with Crippen molar-refractivity contribution in [2.45, 2.75) is 57.5 Å². The molecule has 9 heteroatoms. The van der Waals surface area contributed by atoms with Gasteiger partial charge in [-0.1, -0.05) is 57.1 Å². The van der Waals surface area contributed by atoms with Crippen LogP contribution in [-0.4, -0.2) is 59.3 Å². The number of aliphatic hydroxyl groups is 1. The zero-order chi connectivity index (χ0) is 31.7. The van der Waals surface area contributed by atoms with E-state index in [-0.39, 0.29) is 51.8 Å². The van der Waals surface area contributed by atoms with E-state index in [1.165, 1.54) is 36.3 Å². The quantitative estimate of drug-likeness (QED) is 0.257. The minimum Gasteiger partial charge on any atom is -0.507 e. The normalized spacial score (nSPS) is 26.0. The topological polar surface area (TPSA) is 126 Å². The average Bonchev–Trinajstić information content (AvgIpc) is 3.72. The number of nitrogens with zero attached hydrogens (tertiary/aromatic N) is 1. The fourth-order valence-corrected chi connectivity index (χ4v) is 7.17. The molecule has 1 fully saturated rings. The van der Waals surface area contributed by atoms with Gasteiger partial charge in [0, 0.05) is 11.1 Å². The maximum atomic E-state index is 14.6. The number of carbonyl (C=O) groups is 3. The van der Waals surface area contributed by atoms with Gasteiger partial charge in [-0.3, -0.25) is 14.5 Å². The number of ketones is 2. The first-order valence-electron chi connectivity index (χ1n) is 14.4. The molecule has 9 nitrogen and oxygen atoms in total. The minimum absolute atomic E-state index is 0.0365. The van der Waals surface area contributed by atoms with Crippen molar-refractivity contribution in [2.75, 3.05) is 18.6 Å². The third kappa shape index (κ3) is 3.54. The molecule has 1 saturated heterocycles. The van der Waals surface area contributed by atoms with Crippen LogP contribution in [0.2, 0.25) is 0 Å². The lowest BCUT2D eigenvalue weighted by Gasteiger charge is -2.43. The number of aryl methyl sites for hydroxylation is 1. The van der Waals surface area contributed by atoms with E-state index in [9.17, 15) is 24.6 Å². The molecule has 0 saturated carbocycles. The van der Waals surface area contributed by atoms with E-state index in [2.05, 4.69) is 30.3 Å². The second-order valence-electron chi connectivity index (χ2n) is 11.4. The fraction of sp³-hybridized carbons (Fsp3) is 0.343. The largest absolute Gasteiger partial charge is 0.507 e. The second kappa shape index (κ2) is 10.1. The van der Waals surface area contributed by atoms with Gasteiger partial charge in [0.05, 0.1) is 29.5 Å². The number of hydrogen-bond donors (Lipinski definition) is 2. The van der Waals surface area contributed by atoms with Crippen LogP contribution >= 0.6 is 0 Å². The molecule has 0 aromatic heterocycles. The van der Waals surface area contributed by atoms with E-state index >= 15 is 0 Å². The smallest absolute Gasteiger partial charge is 0.415 e. The molecule has 2 aromatic rings. The average molecular weight is 594 g/mol. The molecule has 44 heavy (non-hydrogen) atoms. The number of carbonyl (C=O) groups excluding carboxylic acids is 3. The molecule has 2 N–H and O–H groups in total. The van der Waals surface area contributed by atoms with E-state index < -0.39 is 46.8 Å². The summed E-state index contributed by atoms with van der Waals surface area (Å²) in [5.74, 6) is 9.71. The summed E-state index contributed by atoms with van der Waals surface area (Å²) in [6.07, 6.45) is 2.58. The van der Waals surface area contributed by atoms with Gasteiger partial charge in [0.1, 0.15) is 29.7 Å². The van der Waals surface area contributed by atoms with Gasteiger partial charge in [-0.2, -0.15) is 0 Å². The van der Waals surface area contributed by atoms with Crippen molar-refractivity contribution in [3.8, 4) is 35.2 Å². The highest BCUT2D eigenvalue weighted by molar-refractivity contribution is 6.33. The highest BCUT2D eigenvalue weighted by Crippen LogP contribution is 2.70. The first kappa shape index (κ1) is 29.3. The predicted molar refractivity (Wildman–Crippen MR) is 161 cm³/mol. The molecule has 4 aliphatic rings. The number of epoxide rings is 1. The molecule has 0 spiro atoms. The molecule has 224 valence electrons. The number of fused-ring (bicyclic) bond motifs is 4. The Kier molecular flexibility index (Phi) is 6.73. The molecule has 2 aliphatic carbocycles. The van der Waals surface area contributed by atoms with Crippen molar-refractivity contribution in [1.29, 1.82) is 0 Å². The van der Waals surface area contributed by atoms with Gasteiger partial charge in [0.2, 0.25) is 5.78 Å². The zero-order valence-electron chi connectivity index (χ0n) is 25.0. The Morgan fingerprint density at radius 1 is 1.16 bits per heavy atom. The van der Waals surface area contributed by atoms with Crippen LogP contribution < -0.4 is 9.64 Å². The Balaban J connectivity index is 1.75. The molecule has 6 rings (SSSR count). The fourth-order valence-electron chi connectivity index (χ4n) is 7.17. The SMILES string of the molecule is C=CCOC(=O)N1c2c(cc(O)c3c2C(=O)c2cc(C)c(CC)c(OC)c2C3=O)[C@@]23O[C@@]2(C(C)C)[C@@H]1C#C/C=C\C#C[C@@H]3O. The molecule has 4 atom stereocenters. The lowest BCUT2D eigenvalue weighted by atomic mass is 9.66. The van der Waals surface area contributed by atoms with Gasteiger partial charge in [0.15, 0.2) is 17.5 Å². The van der Waals surface area contributed by atoms with Gasteiger partial charge in [-0.15, -0.1) is 0 Å². The van der Waals surface area contributed by atoms with Gasteiger partial charge in [0.25, 0.3) is 0 Å². The first-order chi connectivity index (χ1) is 21.0. The second-order valence-corrected chi connectivity index (χ2v) is 11.4. The van der Waals surface area contributed by atoms with E-state index in [0.29, 0.717) is 6.42 Å². The van der Waals surface area contributed by atoms with Crippen LogP contribution in [0.4, 0.5) is 10.5 Å². The van der Waals surface area contributed by atoms with E-state index in [4.69, 9.17) is 14.2 Å². The number of amides is 1. The molecule has 2 aromatic carbocycles. The zero-order valence-corrected chi connectivity index (χ0v) is 25.0. The molecular weight excluding hydrogens is 562 g/mol. The number of anilines is 1. The lowest BCUT2D eigenvalue weighted by Crippen LogP contribution is -2.59. The number of allylic oxidation sites excluding steroid dienone is 2. The van der Waals surface area contributed by atoms with Crippen LogP contribution in [0.5, 0.6) is 11.5 Å². The van der Waals surface area contributed by atoms with Crippen LogP contribution in [0, 0.1) is 36.5 Å². The van der Waals surface area contributed by atoms with Gasteiger partial charge in [-0.25, -0.2) is 4.79 Å². The van der Waals surface area contributed by atoms with Gasteiger partial charge in [-0.05, 0) is 54.7 Å². The Labute approximate surface area is 255 Å². The van der Waals surface area contributed by atoms with Crippen molar-refractivity contribution < 1.29 is 38.8 Å². The van der Waals surface area contributed by atoms with Crippen molar-refractivity contribution in [3.63, 3.8) is 0 Å². The molecule has 0 radical (unpaired) electrons. The number of benzene rings is 2. The highest BCUT2D eigenvalue weighted by Gasteiger charge is 2.83. The summed E-state index contributed by atoms with van der Waals surface area (Å²) in [5.41, 5.74) is -1.72. The number of hydrogen-bond acceptors (Lipinski definition) is 8. The summed E-state index contributed by atoms with van der Waals surface area (Å²) in [6, 6.07) is 1.82. The number of ether oxygens (including phenoxy) is 3. The number of methoxy groups -OCH3 is 1. The van der Waals surface area contributed by atoms with Crippen LogP contribution in [0.15, 0.2) is 36.9 Å². The van der Waals surface area contributed by atoms with Crippen LogP contribution in [0.3, 0.4) is 0 Å². The molecule has 1 amide bonds. The van der Waals surface area contributed by atoms with Crippen LogP contribution in [0.25, 0.3) is 0 Å². The molecular formula is C35H31NO8. The Bertz CT molecular complexity index is 1850. The monoisotopic (exact) mass is 593 g/mol. The molecule has 2 bridgehead atoms. The minimum atomic E-state index is -1.60. The van der Waals surface area contributed by atoms with E-state index in [0.717, 1.165) is 11.1 Å². The number of aromatic hydroxyl groups is 1. The molecule has 2 heterocycles. The summed E-state index contributed by atoms with van der Waals surface area (Å²) in [4.78, 5) is 44.1. The number of phenolic OH excluding ortho intramolecular Hbond substituents is 1. The van der Waals surface area contributed by atoms with E-state index in [1.807, 2.05) is 27.7 Å². The maximum Gasteiger partial charge on any atom is 0.415 e. The number of phenols is 1. The molecule has 2 aliphatic heterocycles. The van der Waals surface area contributed by atoms with E-state index in [1.54, 1.807) is 6.07 Å². The lowest BCUT2D eigenvalue weighted by molar-refractivity contribution is 0.0972. The number of rotatable bonds is 5. The maximum absolute atomic E-state index is 14.6. The first-order valence-corrected chi connectivity index (χ1v) is 14.4. The Morgan fingerprint density at radius 3 is 2.50 bits per heavy atom. The van der Waals surface area contributed by atoms with Gasteiger partial charge < -0.3 is 24.4 Å². The third-order valence-electron chi connectivity index (χ3n) is 9.00. The van der Waals surface area contributed by atoms with Crippen LogP contribution in [0.1, 0.15) is 69.3 Å². The van der Waals surface area contributed by atoms with Crippen molar-refractivity contribution in [3.05, 3.63) is 75.9 Å². The van der Waals surface area contributed by atoms with Gasteiger partial charge >= 0.3 is 6.09 Å². The van der Waals surface area contributed by atoms with Crippen molar-refractivity contribution in [2.24, 2.45) is 5.92 Å². The summed E-state index contributed by atoms with van der Waals surface area (Å²) < 4.78 is 17.7. The number of aliphatic hydroxyl groups excluding tert-OH is 1. The van der Waals surface area contributed by atoms with Crippen LogP contribution in [-0.2, 0) is 21.5 Å². The van der Waals surface area contributed by atoms with Crippen molar-refractivity contribution in [1.82, 2.24) is 0 Å². The Morgan fingerprint density at radius 2 is 1.86 bits per heavy atom. The Hall–Kier alpha value is -4.83.